The first kappa shape index (κ1) is 22.6. The van der Waals surface area contributed by atoms with E-state index in [0.717, 1.165) is 0 Å². The lowest BCUT2D eigenvalue weighted by Gasteiger charge is -2.15. The summed E-state index contributed by atoms with van der Waals surface area (Å²) >= 11 is 0. The average molecular weight is 414 g/mol. The fraction of sp³-hybridized carbons (Fsp3) is 0.273. The molecule has 158 valence electrons. The van der Waals surface area contributed by atoms with Gasteiger partial charge in [0.15, 0.2) is 0 Å². The first-order chi connectivity index (χ1) is 14.4. The number of hydrogen-bond donors (Lipinski definition) is 2. The highest BCUT2D eigenvalue weighted by Gasteiger charge is 2.25. The molecular formula is C22H22O8. The molecule has 0 radical (unpaired) electrons. The number of hydrogen-bond acceptors (Lipinski definition) is 6. The Morgan fingerprint density at radius 2 is 0.967 bits per heavy atom. The molecule has 0 saturated heterocycles. The third-order valence-corrected chi connectivity index (χ3v) is 4.16. The molecule has 8 heteroatoms. The Morgan fingerprint density at radius 1 is 0.633 bits per heavy atom. The summed E-state index contributed by atoms with van der Waals surface area (Å²) in [5, 5.41) is 18.5. The van der Waals surface area contributed by atoms with Gasteiger partial charge < -0.3 is 19.7 Å². The molecule has 2 rings (SSSR count). The summed E-state index contributed by atoms with van der Waals surface area (Å²) in [5.74, 6) is -3.96. The van der Waals surface area contributed by atoms with E-state index in [4.69, 9.17) is 9.47 Å². The molecule has 2 unspecified atom stereocenters. The summed E-state index contributed by atoms with van der Waals surface area (Å²) in [7, 11) is 0. The Balaban J connectivity index is 1.77. The summed E-state index contributed by atoms with van der Waals surface area (Å²) in [6.07, 6.45) is -2.43. The van der Waals surface area contributed by atoms with E-state index in [1.807, 2.05) is 0 Å². The maximum atomic E-state index is 11.9. The lowest BCUT2D eigenvalue weighted by Crippen LogP contribution is -2.20. The lowest BCUT2D eigenvalue weighted by atomic mass is 10.1. The summed E-state index contributed by atoms with van der Waals surface area (Å²) in [6, 6.07) is 16.2. The van der Waals surface area contributed by atoms with Gasteiger partial charge in [0.1, 0.15) is 0 Å². The van der Waals surface area contributed by atoms with Crippen LogP contribution in [0.1, 0.15) is 49.0 Å². The Hall–Kier alpha value is -3.68. The number of aliphatic carboxylic acids is 2. The van der Waals surface area contributed by atoms with E-state index in [9.17, 15) is 29.4 Å². The van der Waals surface area contributed by atoms with E-state index < -0.39 is 36.1 Å². The fourth-order valence-corrected chi connectivity index (χ4v) is 2.70. The molecule has 0 saturated carbocycles. The topological polar surface area (TPSA) is 127 Å². The number of ether oxygens (including phenoxy) is 2. The third-order valence-electron chi connectivity index (χ3n) is 4.16. The maximum absolute atomic E-state index is 11.9. The molecule has 0 aliphatic heterocycles. The predicted molar refractivity (Wildman–Crippen MR) is 104 cm³/mol. The highest BCUT2D eigenvalue weighted by atomic mass is 16.6. The van der Waals surface area contributed by atoms with Crippen LogP contribution in [0.15, 0.2) is 60.7 Å². The van der Waals surface area contributed by atoms with Crippen molar-refractivity contribution in [2.24, 2.45) is 0 Å². The number of benzene rings is 2. The quantitative estimate of drug-likeness (QED) is 0.424. The van der Waals surface area contributed by atoms with Gasteiger partial charge >= 0.3 is 23.9 Å². The predicted octanol–water partition coefficient (Wildman–Crippen LogP) is 3.29. The van der Waals surface area contributed by atoms with Crippen LogP contribution in [-0.4, -0.2) is 34.1 Å². The second kappa shape index (κ2) is 11.4. The molecule has 0 spiro atoms. The summed E-state index contributed by atoms with van der Waals surface area (Å²) < 4.78 is 10.1. The average Bonchev–Trinajstić information content (AvgIpc) is 2.74. The fourth-order valence-electron chi connectivity index (χ4n) is 2.70. The van der Waals surface area contributed by atoms with Gasteiger partial charge in [0.05, 0.1) is 0 Å². The normalized spacial score (nSPS) is 12.4. The van der Waals surface area contributed by atoms with Gasteiger partial charge in [-0.25, -0.2) is 9.59 Å². The van der Waals surface area contributed by atoms with Crippen LogP contribution in [0.5, 0.6) is 0 Å². The van der Waals surface area contributed by atoms with Crippen molar-refractivity contribution in [2.45, 2.75) is 37.9 Å². The smallest absolute Gasteiger partial charge is 0.349 e. The van der Waals surface area contributed by atoms with Crippen molar-refractivity contribution in [1.82, 2.24) is 0 Å². The van der Waals surface area contributed by atoms with Gasteiger partial charge in [-0.15, -0.1) is 0 Å². The summed E-state index contributed by atoms with van der Waals surface area (Å²) in [6.45, 7) is 0. The van der Waals surface area contributed by atoms with Gasteiger partial charge in [-0.2, -0.15) is 0 Å². The van der Waals surface area contributed by atoms with Gasteiger partial charge in [-0.1, -0.05) is 60.7 Å². The van der Waals surface area contributed by atoms with Crippen LogP contribution in [0.2, 0.25) is 0 Å². The zero-order valence-electron chi connectivity index (χ0n) is 16.1. The van der Waals surface area contributed by atoms with Gasteiger partial charge in [-0.3, -0.25) is 9.59 Å². The van der Waals surface area contributed by atoms with Crippen molar-refractivity contribution in [3.8, 4) is 0 Å². The molecule has 0 heterocycles. The Bertz CT molecular complexity index is 790. The summed E-state index contributed by atoms with van der Waals surface area (Å²) in [4.78, 5) is 46.6. The van der Waals surface area contributed by atoms with E-state index in [2.05, 4.69) is 0 Å². The Labute approximate surface area is 173 Å². The van der Waals surface area contributed by atoms with Crippen molar-refractivity contribution >= 4 is 23.9 Å². The van der Waals surface area contributed by atoms with Crippen LogP contribution in [0.4, 0.5) is 0 Å². The van der Waals surface area contributed by atoms with E-state index in [-0.39, 0.29) is 25.7 Å². The maximum Gasteiger partial charge on any atom is 0.349 e. The minimum atomic E-state index is -1.40. The van der Waals surface area contributed by atoms with Crippen LogP contribution in [-0.2, 0) is 28.7 Å². The number of carbonyl (C=O) groups excluding carboxylic acids is 2. The molecule has 2 atom stereocenters. The van der Waals surface area contributed by atoms with Crippen molar-refractivity contribution in [3.63, 3.8) is 0 Å². The molecule has 8 nitrogen and oxygen atoms in total. The van der Waals surface area contributed by atoms with Crippen LogP contribution in [0.25, 0.3) is 0 Å². The van der Waals surface area contributed by atoms with Crippen molar-refractivity contribution in [2.75, 3.05) is 0 Å². The third kappa shape index (κ3) is 7.05. The minimum absolute atomic E-state index is 0.0784. The van der Waals surface area contributed by atoms with Crippen molar-refractivity contribution < 1.29 is 38.9 Å². The highest BCUT2D eigenvalue weighted by molar-refractivity contribution is 5.80. The van der Waals surface area contributed by atoms with E-state index >= 15 is 0 Å². The van der Waals surface area contributed by atoms with Gasteiger partial charge in [0.25, 0.3) is 0 Å². The zero-order chi connectivity index (χ0) is 21.9. The molecule has 0 bridgehead atoms. The van der Waals surface area contributed by atoms with Crippen molar-refractivity contribution in [1.29, 1.82) is 0 Å². The first-order valence-corrected chi connectivity index (χ1v) is 9.33. The Morgan fingerprint density at radius 3 is 1.27 bits per heavy atom. The van der Waals surface area contributed by atoms with Gasteiger partial charge in [0.2, 0.25) is 12.2 Å². The molecule has 0 aliphatic carbocycles. The highest BCUT2D eigenvalue weighted by Crippen LogP contribution is 2.20. The standard InChI is InChI=1S/C22H22O8/c23-17(29-19(21(25)26)15-9-3-1-4-10-15)13-7-8-14-18(24)30-20(22(27)28)16-11-5-2-6-12-16/h1-6,9-12,19-20H,7-8,13-14H2,(H,25,26)(H,27,28). The number of unbranched alkanes of at least 4 members (excludes halogenated alkanes) is 1. The van der Waals surface area contributed by atoms with E-state index in [1.54, 1.807) is 60.7 Å². The molecule has 30 heavy (non-hydrogen) atoms. The molecule has 0 amide bonds. The molecule has 2 N–H and O–H groups in total. The van der Waals surface area contributed by atoms with Crippen LogP contribution < -0.4 is 0 Å². The lowest BCUT2D eigenvalue weighted by molar-refractivity contribution is -0.165. The number of esters is 2. The SMILES string of the molecule is O=C(CCCCC(=O)OC(C(=O)O)c1ccccc1)OC(C(=O)O)c1ccccc1. The number of carbonyl (C=O) groups is 4. The number of carboxylic acid groups (broad SMARTS) is 2. The second-order valence-corrected chi connectivity index (χ2v) is 6.44. The second-order valence-electron chi connectivity index (χ2n) is 6.44. The monoisotopic (exact) mass is 414 g/mol. The molecule has 0 aliphatic rings. The molecule has 2 aromatic rings. The van der Waals surface area contributed by atoms with E-state index in [1.165, 1.54) is 0 Å². The van der Waals surface area contributed by atoms with Crippen molar-refractivity contribution in [3.05, 3.63) is 71.8 Å². The first-order valence-electron chi connectivity index (χ1n) is 9.33. The van der Waals surface area contributed by atoms with Crippen LogP contribution in [0.3, 0.4) is 0 Å². The van der Waals surface area contributed by atoms with Crippen LogP contribution >= 0.6 is 0 Å². The number of carboxylic acids is 2. The molecule has 0 aromatic heterocycles. The largest absolute Gasteiger partial charge is 0.478 e. The van der Waals surface area contributed by atoms with E-state index in [0.29, 0.717) is 11.1 Å². The van der Waals surface area contributed by atoms with Crippen LogP contribution in [0, 0.1) is 0 Å². The minimum Gasteiger partial charge on any atom is -0.478 e. The summed E-state index contributed by atoms with van der Waals surface area (Å²) in [5.41, 5.74) is 0.699. The number of rotatable bonds is 11. The Kier molecular flexibility index (Phi) is 8.56. The van der Waals surface area contributed by atoms with Gasteiger partial charge in [-0.05, 0) is 12.8 Å². The molecule has 2 aromatic carbocycles. The zero-order valence-corrected chi connectivity index (χ0v) is 16.1. The molecular weight excluding hydrogens is 392 g/mol. The van der Waals surface area contributed by atoms with Gasteiger partial charge in [0, 0.05) is 24.0 Å². The molecule has 0 fully saturated rings.